The molecule has 0 aromatic heterocycles. The number of hydrogen-bond donors (Lipinski definition) is 1. The molecule has 2 rings (SSSR count). The van der Waals surface area contributed by atoms with Crippen molar-refractivity contribution >= 4 is 18.9 Å². The van der Waals surface area contributed by atoms with Gasteiger partial charge in [0.1, 0.15) is 0 Å². The van der Waals surface area contributed by atoms with E-state index >= 15 is 0 Å². The van der Waals surface area contributed by atoms with Crippen LogP contribution in [0.5, 0.6) is 0 Å². The summed E-state index contributed by atoms with van der Waals surface area (Å²) in [5, 5.41) is 0.192. The van der Waals surface area contributed by atoms with E-state index in [1.54, 1.807) is 44.2 Å². The maximum atomic E-state index is 12.5. The van der Waals surface area contributed by atoms with Gasteiger partial charge in [0.2, 0.25) is 0 Å². The summed E-state index contributed by atoms with van der Waals surface area (Å²) in [4.78, 5) is 22.2. The Kier molecular flexibility index (Phi) is 4.31. The van der Waals surface area contributed by atoms with Crippen LogP contribution >= 0.6 is 7.60 Å². The van der Waals surface area contributed by atoms with Crippen LogP contribution < -0.4 is 5.30 Å². The summed E-state index contributed by atoms with van der Waals surface area (Å²) < 4.78 is 17.3. The van der Waals surface area contributed by atoms with Gasteiger partial charge in [-0.05, 0) is 44.0 Å². The highest BCUT2D eigenvalue weighted by Crippen LogP contribution is 2.43. The maximum absolute atomic E-state index is 12.5. The molecular weight excluding hydrogens is 287 g/mol. The van der Waals surface area contributed by atoms with Gasteiger partial charge in [-0.15, -0.1) is 0 Å². The average Bonchev–Trinajstić information content (AvgIpc) is 2.37. The fourth-order valence-electron chi connectivity index (χ4n) is 2.40. The van der Waals surface area contributed by atoms with Crippen molar-refractivity contribution in [3.05, 3.63) is 64.7 Å². The van der Waals surface area contributed by atoms with Gasteiger partial charge in [0.05, 0.1) is 10.9 Å². The monoisotopic (exact) mass is 304 g/mol. The molecule has 0 spiro atoms. The van der Waals surface area contributed by atoms with E-state index in [-0.39, 0.29) is 10.9 Å². The Bertz CT molecular complexity index is 699. The normalized spacial score (nSPS) is 13.5. The average molecular weight is 304 g/mol. The molecule has 0 bridgehead atoms. The summed E-state index contributed by atoms with van der Waals surface area (Å²) in [6.07, 6.45) is 0. The van der Waals surface area contributed by atoms with Crippen LogP contribution in [0.15, 0.2) is 42.5 Å². The smallest absolute Gasteiger partial charge is 0.385 e. The molecule has 0 aliphatic heterocycles. The van der Waals surface area contributed by atoms with E-state index < -0.39 is 13.6 Å². The molecule has 0 amide bonds. The number of carbonyl (C=O) groups is 1. The summed E-state index contributed by atoms with van der Waals surface area (Å²) >= 11 is 0. The predicted octanol–water partition coefficient (Wildman–Crippen LogP) is 3.28. The Balaban J connectivity index is 2.36. The van der Waals surface area contributed by atoms with Crippen molar-refractivity contribution in [1.29, 1.82) is 0 Å². The third-order valence-electron chi connectivity index (χ3n) is 3.13. The van der Waals surface area contributed by atoms with Crippen molar-refractivity contribution in [2.24, 2.45) is 0 Å². The molecular formula is C16H17O4P. The zero-order valence-corrected chi connectivity index (χ0v) is 13.1. The Hall–Kier alpha value is -1.90. The van der Waals surface area contributed by atoms with E-state index in [4.69, 9.17) is 4.52 Å². The van der Waals surface area contributed by atoms with Crippen molar-refractivity contribution in [3.8, 4) is 0 Å². The van der Waals surface area contributed by atoms with Crippen LogP contribution in [0.3, 0.4) is 0 Å². The lowest BCUT2D eigenvalue weighted by molar-refractivity contribution is 0.0723. The van der Waals surface area contributed by atoms with Gasteiger partial charge in [-0.2, -0.15) is 0 Å². The van der Waals surface area contributed by atoms with Crippen LogP contribution in [-0.2, 0) is 9.09 Å². The molecule has 0 radical (unpaired) electrons. The van der Waals surface area contributed by atoms with E-state index in [0.29, 0.717) is 11.1 Å². The zero-order chi connectivity index (χ0) is 15.6. The van der Waals surface area contributed by atoms with E-state index in [1.807, 2.05) is 6.92 Å². The van der Waals surface area contributed by atoms with Gasteiger partial charge < -0.3 is 9.42 Å². The quantitative estimate of drug-likeness (QED) is 0.884. The molecule has 1 N–H and O–H groups in total. The molecule has 0 saturated heterocycles. The highest BCUT2D eigenvalue weighted by molar-refractivity contribution is 7.62. The number of rotatable bonds is 3. The predicted molar refractivity (Wildman–Crippen MR) is 82.0 cm³/mol. The lowest BCUT2D eigenvalue weighted by Gasteiger charge is -2.17. The Morgan fingerprint density at radius 2 is 1.57 bits per heavy atom. The lowest BCUT2D eigenvalue weighted by Crippen LogP contribution is -2.17. The van der Waals surface area contributed by atoms with Gasteiger partial charge in [-0.3, -0.25) is 0 Å². The minimum absolute atomic E-state index is 0.192. The zero-order valence-electron chi connectivity index (χ0n) is 12.2. The maximum Gasteiger partial charge on any atom is 0.411 e. The molecule has 0 saturated carbocycles. The summed E-state index contributed by atoms with van der Waals surface area (Å²) in [6.45, 7) is 5.37. The minimum Gasteiger partial charge on any atom is -0.385 e. The molecule has 2 aromatic carbocycles. The third-order valence-corrected chi connectivity index (χ3v) is 4.82. The highest BCUT2D eigenvalue weighted by Gasteiger charge is 2.31. The fourth-order valence-corrected chi connectivity index (χ4v) is 3.85. The highest BCUT2D eigenvalue weighted by atomic mass is 31.2. The number of hydrogen-bond acceptors (Lipinski definition) is 3. The molecule has 5 heteroatoms. The second-order valence-corrected chi connectivity index (χ2v) is 6.68. The van der Waals surface area contributed by atoms with Gasteiger partial charge in [-0.25, -0.2) is 9.36 Å². The number of benzene rings is 2. The van der Waals surface area contributed by atoms with Crippen LogP contribution in [-0.4, -0.2) is 10.9 Å². The first-order valence-electron chi connectivity index (χ1n) is 6.51. The third kappa shape index (κ3) is 3.41. The topological polar surface area (TPSA) is 63.6 Å². The lowest BCUT2D eigenvalue weighted by atomic mass is 10.1. The number of carbonyl (C=O) groups excluding carboxylic acids is 1. The van der Waals surface area contributed by atoms with Crippen molar-refractivity contribution in [3.63, 3.8) is 0 Å². The minimum atomic E-state index is -4.21. The van der Waals surface area contributed by atoms with Gasteiger partial charge in [0.15, 0.2) is 0 Å². The van der Waals surface area contributed by atoms with Crippen molar-refractivity contribution in [1.82, 2.24) is 0 Å². The van der Waals surface area contributed by atoms with Crippen LogP contribution in [0.25, 0.3) is 0 Å². The van der Waals surface area contributed by atoms with Crippen molar-refractivity contribution in [2.45, 2.75) is 20.8 Å². The molecule has 21 heavy (non-hydrogen) atoms. The summed E-state index contributed by atoms with van der Waals surface area (Å²) in [5.41, 5.74) is 2.51. The van der Waals surface area contributed by atoms with Crippen molar-refractivity contribution < 1.29 is 18.8 Å². The van der Waals surface area contributed by atoms with E-state index in [9.17, 15) is 14.3 Å². The van der Waals surface area contributed by atoms with Gasteiger partial charge in [0, 0.05) is 0 Å². The van der Waals surface area contributed by atoms with Crippen LogP contribution in [0.1, 0.15) is 27.0 Å². The number of aryl methyl sites for hydroxylation is 3. The first kappa shape index (κ1) is 15.5. The molecule has 0 fully saturated rings. The second-order valence-electron chi connectivity index (χ2n) is 5.01. The molecule has 1 unspecified atom stereocenters. The SMILES string of the molecule is Cc1cc(C)c(P(=O)(O)OC(=O)c2ccccc2)c(C)c1. The molecule has 0 heterocycles. The van der Waals surface area contributed by atoms with Crippen LogP contribution in [0.4, 0.5) is 0 Å². The van der Waals surface area contributed by atoms with Gasteiger partial charge in [0.25, 0.3) is 0 Å². The molecule has 2 aromatic rings. The van der Waals surface area contributed by atoms with E-state index in [0.717, 1.165) is 5.56 Å². The summed E-state index contributed by atoms with van der Waals surface area (Å²) in [6, 6.07) is 11.8. The van der Waals surface area contributed by atoms with Crippen molar-refractivity contribution in [2.75, 3.05) is 0 Å². The Labute approximate surface area is 123 Å². The summed E-state index contributed by atoms with van der Waals surface area (Å²) in [5.74, 6) is -0.805. The van der Waals surface area contributed by atoms with Crippen LogP contribution in [0, 0.1) is 20.8 Å². The first-order valence-corrected chi connectivity index (χ1v) is 8.09. The standard InChI is InChI=1S/C16H17O4P/c1-11-9-12(2)15(13(3)10-11)21(18,19)20-16(17)14-7-5-4-6-8-14/h4-10H,1-3H3,(H,18,19). The molecule has 1 atom stereocenters. The largest absolute Gasteiger partial charge is 0.411 e. The van der Waals surface area contributed by atoms with Crippen LogP contribution in [0.2, 0.25) is 0 Å². The van der Waals surface area contributed by atoms with Gasteiger partial charge >= 0.3 is 13.6 Å². The first-order chi connectivity index (χ1) is 9.81. The van der Waals surface area contributed by atoms with Gasteiger partial charge in [-0.1, -0.05) is 35.9 Å². The van der Waals surface area contributed by atoms with E-state index in [2.05, 4.69) is 0 Å². The summed E-state index contributed by atoms with van der Waals surface area (Å²) in [7, 11) is -4.21. The molecule has 0 aliphatic carbocycles. The molecule has 110 valence electrons. The molecule has 0 aliphatic rings. The molecule has 4 nitrogen and oxygen atoms in total. The Morgan fingerprint density at radius 3 is 2.10 bits per heavy atom. The second kappa shape index (κ2) is 5.84. The van der Waals surface area contributed by atoms with E-state index in [1.165, 1.54) is 12.1 Å². The fraction of sp³-hybridized carbons (Fsp3) is 0.188. The Morgan fingerprint density at radius 1 is 1.05 bits per heavy atom.